The van der Waals surface area contributed by atoms with Crippen molar-refractivity contribution >= 4 is 11.6 Å². The summed E-state index contributed by atoms with van der Waals surface area (Å²) in [6.45, 7) is 6.98. The molecule has 0 aliphatic carbocycles. The van der Waals surface area contributed by atoms with Gasteiger partial charge in [-0.05, 0) is 43.5 Å². The van der Waals surface area contributed by atoms with Gasteiger partial charge >= 0.3 is 0 Å². The monoisotopic (exact) mass is 282 g/mol. The molecule has 3 nitrogen and oxygen atoms in total. The Kier molecular flexibility index (Phi) is 4.99. The summed E-state index contributed by atoms with van der Waals surface area (Å²) >= 11 is 0. The topological polar surface area (TPSA) is 41.1 Å². The molecule has 0 aromatic heterocycles. The molecule has 0 atom stereocenters. The minimum Gasteiger partial charge on any atom is -0.376 e. The second-order valence-corrected chi connectivity index (χ2v) is 5.43. The van der Waals surface area contributed by atoms with Crippen LogP contribution >= 0.6 is 0 Å². The van der Waals surface area contributed by atoms with Crippen molar-refractivity contribution in [3.8, 4) is 0 Å². The molecule has 2 aromatic rings. The molecule has 0 fully saturated rings. The lowest BCUT2D eigenvalue weighted by molar-refractivity contribution is -0.119. The van der Waals surface area contributed by atoms with Crippen molar-refractivity contribution in [2.24, 2.45) is 0 Å². The molecule has 0 aliphatic rings. The summed E-state index contributed by atoms with van der Waals surface area (Å²) in [5.74, 6) is -0.00326. The first kappa shape index (κ1) is 15.1. The Bertz CT molecular complexity index is 618. The number of aryl methyl sites for hydroxylation is 3. The van der Waals surface area contributed by atoms with Crippen molar-refractivity contribution in [2.45, 2.75) is 27.3 Å². The van der Waals surface area contributed by atoms with Crippen LogP contribution in [0.4, 0.5) is 5.69 Å². The van der Waals surface area contributed by atoms with Gasteiger partial charge in [0.2, 0.25) is 5.91 Å². The average molecular weight is 282 g/mol. The molecule has 2 aromatic carbocycles. The molecule has 0 unspecified atom stereocenters. The van der Waals surface area contributed by atoms with Gasteiger partial charge in [-0.25, -0.2) is 0 Å². The van der Waals surface area contributed by atoms with Crippen LogP contribution in [-0.4, -0.2) is 12.5 Å². The molecule has 1 amide bonds. The molecule has 0 spiro atoms. The summed E-state index contributed by atoms with van der Waals surface area (Å²) in [7, 11) is 0. The lowest BCUT2D eigenvalue weighted by atomic mass is 10.1. The fourth-order valence-electron chi connectivity index (χ4n) is 2.07. The summed E-state index contributed by atoms with van der Waals surface area (Å²) in [5.41, 5.74) is 5.68. The fourth-order valence-corrected chi connectivity index (χ4v) is 2.07. The van der Waals surface area contributed by atoms with Crippen molar-refractivity contribution < 1.29 is 4.79 Å². The molecule has 110 valence electrons. The molecule has 0 aliphatic heterocycles. The van der Waals surface area contributed by atoms with E-state index in [4.69, 9.17) is 0 Å². The Morgan fingerprint density at radius 2 is 1.62 bits per heavy atom. The molecule has 0 radical (unpaired) electrons. The van der Waals surface area contributed by atoms with Gasteiger partial charge < -0.3 is 10.6 Å². The van der Waals surface area contributed by atoms with Crippen molar-refractivity contribution in [1.29, 1.82) is 0 Å². The maximum Gasteiger partial charge on any atom is 0.239 e. The van der Waals surface area contributed by atoms with E-state index >= 15 is 0 Å². The number of carbonyl (C=O) groups is 1. The molecular formula is C18H22N2O. The summed E-state index contributed by atoms with van der Waals surface area (Å²) in [4.78, 5) is 11.9. The smallest absolute Gasteiger partial charge is 0.239 e. The second-order valence-electron chi connectivity index (χ2n) is 5.43. The minimum absolute atomic E-state index is 0.00326. The highest BCUT2D eigenvalue weighted by Crippen LogP contribution is 2.15. The van der Waals surface area contributed by atoms with Crippen LogP contribution in [0.1, 0.15) is 22.3 Å². The maximum atomic E-state index is 11.9. The van der Waals surface area contributed by atoms with Gasteiger partial charge in [0.15, 0.2) is 0 Å². The second kappa shape index (κ2) is 6.93. The van der Waals surface area contributed by atoms with Crippen LogP contribution in [0.5, 0.6) is 0 Å². The van der Waals surface area contributed by atoms with Crippen molar-refractivity contribution in [3.63, 3.8) is 0 Å². The highest BCUT2D eigenvalue weighted by Gasteiger charge is 2.03. The number of nitrogens with one attached hydrogen (secondary N) is 2. The third-order valence-corrected chi connectivity index (χ3v) is 3.44. The number of benzene rings is 2. The van der Waals surface area contributed by atoms with Gasteiger partial charge in [0.1, 0.15) is 0 Å². The Hall–Kier alpha value is -2.29. The Morgan fingerprint density at radius 1 is 0.952 bits per heavy atom. The van der Waals surface area contributed by atoms with Crippen LogP contribution in [0.3, 0.4) is 0 Å². The molecular weight excluding hydrogens is 260 g/mol. The van der Waals surface area contributed by atoms with E-state index in [0.717, 1.165) is 16.8 Å². The number of anilines is 1. The summed E-state index contributed by atoms with van der Waals surface area (Å²) in [5, 5.41) is 6.11. The van der Waals surface area contributed by atoms with Gasteiger partial charge in [-0.3, -0.25) is 4.79 Å². The summed E-state index contributed by atoms with van der Waals surface area (Å²) in [6.07, 6.45) is 0. The normalized spacial score (nSPS) is 10.2. The lowest BCUT2D eigenvalue weighted by Gasteiger charge is -2.11. The predicted octanol–water partition coefficient (Wildman–Crippen LogP) is 3.34. The first-order chi connectivity index (χ1) is 10.0. The Balaban J connectivity index is 1.82. The first-order valence-corrected chi connectivity index (χ1v) is 7.18. The van der Waals surface area contributed by atoms with Crippen molar-refractivity contribution in [3.05, 3.63) is 64.7 Å². The van der Waals surface area contributed by atoms with Gasteiger partial charge in [0, 0.05) is 12.2 Å². The summed E-state index contributed by atoms with van der Waals surface area (Å²) in [6, 6.07) is 14.4. The van der Waals surface area contributed by atoms with Crippen LogP contribution in [0.25, 0.3) is 0 Å². The third-order valence-electron chi connectivity index (χ3n) is 3.44. The zero-order chi connectivity index (χ0) is 15.2. The van der Waals surface area contributed by atoms with Gasteiger partial charge in [0.25, 0.3) is 0 Å². The molecule has 21 heavy (non-hydrogen) atoms. The SMILES string of the molecule is Cc1ccc(CNC(=O)CNc2cc(C)ccc2C)cc1. The number of hydrogen-bond acceptors (Lipinski definition) is 2. The molecule has 0 heterocycles. The highest BCUT2D eigenvalue weighted by atomic mass is 16.1. The van der Waals surface area contributed by atoms with Crippen molar-refractivity contribution in [1.82, 2.24) is 5.32 Å². The van der Waals surface area contributed by atoms with Crippen LogP contribution < -0.4 is 10.6 Å². The van der Waals surface area contributed by atoms with Crippen LogP contribution in [0, 0.1) is 20.8 Å². The summed E-state index contributed by atoms with van der Waals surface area (Å²) < 4.78 is 0. The molecule has 2 N–H and O–H groups in total. The fraction of sp³-hybridized carbons (Fsp3) is 0.278. The molecule has 0 saturated heterocycles. The Labute approximate surface area is 126 Å². The van der Waals surface area contributed by atoms with E-state index in [0.29, 0.717) is 6.54 Å². The van der Waals surface area contributed by atoms with Gasteiger partial charge in [-0.2, -0.15) is 0 Å². The number of carbonyl (C=O) groups excluding carboxylic acids is 1. The zero-order valence-corrected chi connectivity index (χ0v) is 12.9. The number of amides is 1. The van der Waals surface area contributed by atoms with Crippen molar-refractivity contribution in [2.75, 3.05) is 11.9 Å². The predicted molar refractivity (Wildman–Crippen MR) is 87.4 cm³/mol. The zero-order valence-electron chi connectivity index (χ0n) is 12.9. The minimum atomic E-state index is -0.00326. The lowest BCUT2D eigenvalue weighted by Crippen LogP contribution is -2.29. The van der Waals surface area contributed by atoms with Crippen LogP contribution in [0.15, 0.2) is 42.5 Å². The van der Waals surface area contributed by atoms with Gasteiger partial charge in [-0.1, -0.05) is 42.0 Å². The highest BCUT2D eigenvalue weighted by molar-refractivity contribution is 5.81. The third kappa shape index (κ3) is 4.63. The molecule has 0 saturated carbocycles. The van der Waals surface area contributed by atoms with Crippen LogP contribution in [0.2, 0.25) is 0 Å². The average Bonchev–Trinajstić information content (AvgIpc) is 2.47. The van der Waals surface area contributed by atoms with E-state index in [-0.39, 0.29) is 12.5 Å². The van der Waals surface area contributed by atoms with Gasteiger partial charge in [-0.15, -0.1) is 0 Å². The van der Waals surface area contributed by atoms with E-state index in [1.807, 2.05) is 26.0 Å². The number of hydrogen-bond donors (Lipinski definition) is 2. The van der Waals surface area contributed by atoms with Gasteiger partial charge in [0.05, 0.1) is 6.54 Å². The standard InChI is InChI=1S/C18H22N2O/c1-13-5-8-16(9-6-13)11-20-18(21)12-19-17-10-14(2)4-7-15(17)3/h4-10,19H,11-12H2,1-3H3,(H,20,21). The van der Waals surface area contributed by atoms with E-state index < -0.39 is 0 Å². The quantitative estimate of drug-likeness (QED) is 0.883. The van der Waals surface area contributed by atoms with E-state index in [2.05, 4.69) is 47.9 Å². The molecule has 3 heteroatoms. The van der Waals surface area contributed by atoms with Crippen LogP contribution in [-0.2, 0) is 11.3 Å². The largest absolute Gasteiger partial charge is 0.376 e. The molecule has 2 rings (SSSR count). The first-order valence-electron chi connectivity index (χ1n) is 7.18. The maximum absolute atomic E-state index is 11.9. The van der Waals surface area contributed by atoms with E-state index in [1.165, 1.54) is 11.1 Å². The van der Waals surface area contributed by atoms with E-state index in [9.17, 15) is 4.79 Å². The number of rotatable bonds is 5. The van der Waals surface area contributed by atoms with E-state index in [1.54, 1.807) is 0 Å². The Morgan fingerprint density at radius 3 is 2.33 bits per heavy atom. The molecule has 0 bridgehead atoms.